The summed E-state index contributed by atoms with van der Waals surface area (Å²) in [5.41, 5.74) is 4.13. The third-order valence-electron chi connectivity index (χ3n) is 4.65. The van der Waals surface area contributed by atoms with Gasteiger partial charge in [0.15, 0.2) is 0 Å². The van der Waals surface area contributed by atoms with Gasteiger partial charge in [0.2, 0.25) is 6.29 Å². The van der Waals surface area contributed by atoms with Gasteiger partial charge >= 0.3 is 0 Å². The molecule has 5 atom stereocenters. The van der Waals surface area contributed by atoms with E-state index in [1.165, 1.54) is 5.56 Å². The summed E-state index contributed by atoms with van der Waals surface area (Å²) in [5.74, 6) is 0.491. The van der Waals surface area contributed by atoms with Crippen LogP contribution < -0.4 is 4.74 Å². The minimum atomic E-state index is -1.46. The highest BCUT2D eigenvalue weighted by atomic mass is 16.7. The highest BCUT2D eigenvalue weighted by Gasteiger charge is 2.44. The Kier molecular flexibility index (Phi) is 5.60. The van der Waals surface area contributed by atoms with Crippen molar-refractivity contribution in [3.05, 3.63) is 53.6 Å². The van der Waals surface area contributed by atoms with E-state index in [4.69, 9.17) is 9.47 Å². The van der Waals surface area contributed by atoms with Crippen molar-refractivity contribution in [1.29, 1.82) is 0 Å². The Morgan fingerprint density at radius 2 is 1.54 bits per heavy atom. The Bertz CT molecular complexity index is 742. The van der Waals surface area contributed by atoms with Gasteiger partial charge in [-0.25, -0.2) is 0 Å². The molecule has 1 fully saturated rings. The summed E-state index contributed by atoms with van der Waals surface area (Å²) in [6.07, 6.45) is -6.47. The van der Waals surface area contributed by atoms with Crippen molar-refractivity contribution in [3.8, 4) is 16.9 Å². The summed E-state index contributed by atoms with van der Waals surface area (Å²) in [4.78, 5) is 0. The molecule has 2 unspecified atom stereocenters. The summed E-state index contributed by atoms with van der Waals surface area (Å²) in [6, 6.07) is 13.8. The number of aryl methyl sites for hydroxylation is 2. The average Bonchev–Trinajstić information content (AvgIpc) is 2.64. The van der Waals surface area contributed by atoms with Crippen molar-refractivity contribution in [2.24, 2.45) is 0 Å². The fourth-order valence-corrected chi connectivity index (χ4v) is 3.00. The molecule has 4 N–H and O–H groups in total. The lowest BCUT2D eigenvalue weighted by atomic mass is 9.99. The van der Waals surface area contributed by atoms with Gasteiger partial charge in [-0.05, 0) is 42.7 Å². The predicted octanol–water partition coefficient (Wildman–Crippen LogP) is 1.15. The van der Waals surface area contributed by atoms with Gasteiger partial charge in [0.1, 0.15) is 30.2 Å². The van der Waals surface area contributed by atoms with E-state index in [9.17, 15) is 20.4 Å². The maximum Gasteiger partial charge on any atom is 0.229 e. The lowest BCUT2D eigenvalue weighted by Crippen LogP contribution is -2.60. The van der Waals surface area contributed by atoms with E-state index in [2.05, 4.69) is 0 Å². The van der Waals surface area contributed by atoms with Gasteiger partial charge in [-0.1, -0.05) is 35.9 Å². The molecule has 3 rings (SSSR count). The Hall–Kier alpha value is -1.96. The zero-order chi connectivity index (χ0) is 18.8. The van der Waals surface area contributed by atoms with Crippen LogP contribution in [0, 0.1) is 13.8 Å². The molecule has 0 spiro atoms. The molecule has 0 radical (unpaired) electrons. The zero-order valence-electron chi connectivity index (χ0n) is 14.7. The highest BCUT2D eigenvalue weighted by Crippen LogP contribution is 2.29. The SMILES string of the molecule is Cc1ccc(-c2ccc(OC3O[C@H](CO)C(O)[C@H](O)[C@@H]3O)c(C)c2)cc1. The molecule has 1 aliphatic heterocycles. The molecule has 1 saturated heterocycles. The van der Waals surface area contributed by atoms with Crippen molar-refractivity contribution in [3.63, 3.8) is 0 Å². The molecule has 0 amide bonds. The Labute approximate surface area is 152 Å². The summed E-state index contributed by atoms with van der Waals surface area (Å²) in [7, 11) is 0. The summed E-state index contributed by atoms with van der Waals surface area (Å²) < 4.78 is 11.1. The van der Waals surface area contributed by atoms with Gasteiger partial charge in [0.05, 0.1) is 6.61 Å². The molecule has 6 nitrogen and oxygen atoms in total. The van der Waals surface area contributed by atoms with E-state index in [-0.39, 0.29) is 0 Å². The van der Waals surface area contributed by atoms with Gasteiger partial charge in [-0.3, -0.25) is 0 Å². The largest absolute Gasteiger partial charge is 0.462 e. The Morgan fingerprint density at radius 3 is 2.15 bits per heavy atom. The molecule has 0 aromatic heterocycles. The topological polar surface area (TPSA) is 99.4 Å². The lowest BCUT2D eigenvalue weighted by Gasteiger charge is -2.39. The summed E-state index contributed by atoms with van der Waals surface area (Å²) in [6.45, 7) is 3.42. The van der Waals surface area contributed by atoms with Crippen molar-refractivity contribution < 1.29 is 29.9 Å². The quantitative estimate of drug-likeness (QED) is 0.653. The number of aliphatic hydroxyl groups excluding tert-OH is 4. The monoisotopic (exact) mass is 360 g/mol. The van der Waals surface area contributed by atoms with Crippen molar-refractivity contribution in [1.82, 2.24) is 0 Å². The number of hydrogen-bond donors (Lipinski definition) is 4. The second-order valence-corrected chi connectivity index (χ2v) is 6.66. The van der Waals surface area contributed by atoms with Crippen LogP contribution in [0.25, 0.3) is 11.1 Å². The first-order chi connectivity index (χ1) is 12.4. The first kappa shape index (κ1) is 18.8. The van der Waals surface area contributed by atoms with Crippen LogP contribution in [-0.2, 0) is 4.74 Å². The normalized spacial score (nSPS) is 28.8. The standard InChI is InChI=1S/C20H24O6/c1-11-3-5-13(6-4-11)14-7-8-15(12(2)9-14)25-20-19(24)18(23)17(22)16(10-21)26-20/h3-9,16-24H,10H2,1-2H3/t16-,17?,18+,19+,20?/m1/s1. The average molecular weight is 360 g/mol. The van der Waals surface area contributed by atoms with Crippen LogP contribution in [0.1, 0.15) is 11.1 Å². The van der Waals surface area contributed by atoms with Gasteiger partial charge in [-0.15, -0.1) is 0 Å². The molecule has 2 aromatic carbocycles. The van der Waals surface area contributed by atoms with Crippen molar-refractivity contribution in [2.75, 3.05) is 6.61 Å². The van der Waals surface area contributed by atoms with Gasteiger partial charge in [0, 0.05) is 0 Å². The molecular weight excluding hydrogens is 336 g/mol. The Morgan fingerprint density at radius 1 is 0.885 bits per heavy atom. The molecule has 0 saturated carbocycles. The summed E-state index contributed by atoms with van der Waals surface area (Å²) in [5, 5.41) is 39.0. The van der Waals surface area contributed by atoms with E-state index < -0.39 is 37.3 Å². The lowest BCUT2D eigenvalue weighted by molar-refractivity contribution is -0.277. The van der Waals surface area contributed by atoms with Gasteiger partial charge in [-0.2, -0.15) is 0 Å². The predicted molar refractivity (Wildman–Crippen MR) is 95.7 cm³/mol. The fourth-order valence-electron chi connectivity index (χ4n) is 3.00. The van der Waals surface area contributed by atoms with Crippen LogP contribution in [0.2, 0.25) is 0 Å². The third-order valence-corrected chi connectivity index (χ3v) is 4.65. The smallest absolute Gasteiger partial charge is 0.229 e. The van der Waals surface area contributed by atoms with Crippen LogP contribution in [-0.4, -0.2) is 57.7 Å². The molecule has 1 heterocycles. The minimum absolute atomic E-state index is 0.490. The number of rotatable bonds is 4. The first-order valence-corrected chi connectivity index (χ1v) is 8.55. The maximum atomic E-state index is 10.1. The molecule has 0 bridgehead atoms. The fraction of sp³-hybridized carbons (Fsp3) is 0.400. The van der Waals surface area contributed by atoms with E-state index in [0.29, 0.717) is 5.75 Å². The molecular formula is C20H24O6. The molecule has 6 heteroatoms. The third kappa shape index (κ3) is 3.75. The minimum Gasteiger partial charge on any atom is -0.462 e. The van der Waals surface area contributed by atoms with Crippen LogP contribution in [0.15, 0.2) is 42.5 Å². The number of aliphatic hydroxyl groups is 4. The summed E-state index contributed by atoms with van der Waals surface area (Å²) >= 11 is 0. The molecule has 140 valence electrons. The molecule has 26 heavy (non-hydrogen) atoms. The van der Waals surface area contributed by atoms with Crippen LogP contribution >= 0.6 is 0 Å². The van der Waals surface area contributed by atoms with E-state index in [1.807, 2.05) is 50.2 Å². The van der Waals surface area contributed by atoms with E-state index >= 15 is 0 Å². The van der Waals surface area contributed by atoms with Crippen LogP contribution in [0.4, 0.5) is 0 Å². The van der Waals surface area contributed by atoms with Gasteiger partial charge in [0.25, 0.3) is 0 Å². The number of hydrogen-bond acceptors (Lipinski definition) is 6. The van der Waals surface area contributed by atoms with E-state index in [0.717, 1.165) is 16.7 Å². The van der Waals surface area contributed by atoms with Gasteiger partial charge < -0.3 is 29.9 Å². The Balaban J connectivity index is 1.78. The second kappa shape index (κ2) is 7.73. The van der Waals surface area contributed by atoms with E-state index in [1.54, 1.807) is 6.07 Å². The van der Waals surface area contributed by atoms with Crippen LogP contribution in [0.5, 0.6) is 5.75 Å². The van der Waals surface area contributed by atoms with Crippen molar-refractivity contribution >= 4 is 0 Å². The highest BCUT2D eigenvalue weighted by molar-refractivity contribution is 5.65. The molecule has 1 aliphatic rings. The second-order valence-electron chi connectivity index (χ2n) is 6.66. The zero-order valence-corrected chi connectivity index (χ0v) is 14.7. The number of benzene rings is 2. The molecule has 0 aliphatic carbocycles. The molecule has 2 aromatic rings. The maximum absolute atomic E-state index is 10.1. The van der Waals surface area contributed by atoms with Crippen LogP contribution in [0.3, 0.4) is 0 Å². The van der Waals surface area contributed by atoms with Crippen molar-refractivity contribution in [2.45, 2.75) is 44.6 Å². The first-order valence-electron chi connectivity index (χ1n) is 8.55. The number of ether oxygens (including phenoxy) is 2.